The molecule has 1 aromatic heterocycles. The van der Waals surface area contributed by atoms with E-state index in [1.165, 1.54) is 5.56 Å². The normalized spacial score (nSPS) is 10.3. The van der Waals surface area contributed by atoms with Crippen molar-refractivity contribution >= 4 is 33.1 Å². The third kappa shape index (κ3) is 2.97. The molecule has 4 heteroatoms. The van der Waals surface area contributed by atoms with Crippen molar-refractivity contribution < 1.29 is 0 Å². The Labute approximate surface area is 109 Å². The number of nitrogens with two attached hydrogens (primary N) is 1. The summed E-state index contributed by atoms with van der Waals surface area (Å²) >= 11 is 3.47. The maximum atomic E-state index is 5.73. The summed E-state index contributed by atoms with van der Waals surface area (Å²) in [6.45, 7) is 3.95. The van der Waals surface area contributed by atoms with Crippen LogP contribution < -0.4 is 11.1 Å². The number of nitrogens with one attached hydrogen (secondary N) is 1. The van der Waals surface area contributed by atoms with Gasteiger partial charge in [0.15, 0.2) is 0 Å². The number of aromatic nitrogens is 1. The van der Waals surface area contributed by atoms with E-state index in [1.54, 1.807) is 0 Å². The summed E-state index contributed by atoms with van der Waals surface area (Å²) in [4.78, 5) is 4.38. The molecule has 0 radical (unpaired) electrons. The van der Waals surface area contributed by atoms with E-state index in [4.69, 9.17) is 5.73 Å². The van der Waals surface area contributed by atoms with Gasteiger partial charge in [-0.15, -0.1) is 0 Å². The quantitative estimate of drug-likeness (QED) is 0.885. The number of pyridine rings is 1. The molecule has 0 saturated carbocycles. The molecule has 0 spiro atoms. The van der Waals surface area contributed by atoms with Crippen LogP contribution in [0.25, 0.3) is 0 Å². The van der Waals surface area contributed by atoms with Crippen LogP contribution in [0.3, 0.4) is 0 Å². The highest BCUT2D eigenvalue weighted by Gasteiger charge is 2.01. The van der Waals surface area contributed by atoms with Crippen LogP contribution in [-0.4, -0.2) is 4.98 Å². The number of rotatable bonds is 2. The van der Waals surface area contributed by atoms with Gasteiger partial charge >= 0.3 is 0 Å². The van der Waals surface area contributed by atoms with Crippen LogP contribution in [-0.2, 0) is 0 Å². The highest BCUT2D eigenvalue weighted by atomic mass is 79.9. The van der Waals surface area contributed by atoms with Crippen LogP contribution in [0.1, 0.15) is 11.3 Å². The maximum absolute atomic E-state index is 5.73. The van der Waals surface area contributed by atoms with Gasteiger partial charge in [0.2, 0.25) is 0 Å². The van der Waals surface area contributed by atoms with Crippen molar-refractivity contribution in [3.05, 3.63) is 46.1 Å². The average molecular weight is 292 g/mol. The number of nitrogen functional groups attached to an aromatic ring is 1. The van der Waals surface area contributed by atoms with Crippen LogP contribution in [0.2, 0.25) is 0 Å². The minimum absolute atomic E-state index is 0.709. The lowest BCUT2D eigenvalue weighted by Gasteiger charge is -2.09. The number of hydrogen-bond donors (Lipinski definition) is 2. The Morgan fingerprint density at radius 3 is 2.59 bits per heavy atom. The zero-order valence-corrected chi connectivity index (χ0v) is 11.4. The van der Waals surface area contributed by atoms with E-state index >= 15 is 0 Å². The Hall–Kier alpha value is -1.55. The summed E-state index contributed by atoms with van der Waals surface area (Å²) in [5.41, 5.74) is 9.47. The zero-order valence-electron chi connectivity index (χ0n) is 9.79. The molecule has 0 aliphatic heterocycles. The SMILES string of the molecule is Cc1cc(Br)cc(Nc2ccc(N)c(C)n2)c1. The molecule has 2 aromatic rings. The van der Waals surface area contributed by atoms with Crippen LogP contribution in [0.4, 0.5) is 17.2 Å². The van der Waals surface area contributed by atoms with E-state index in [0.29, 0.717) is 5.69 Å². The fraction of sp³-hybridized carbons (Fsp3) is 0.154. The largest absolute Gasteiger partial charge is 0.397 e. The van der Waals surface area contributed by atoms with Gasteiger partial charge in [-0.05, 0) is 49.7 Å². The number of anilines is 3. The number of aryl methyl sites for hydroxylation is 2. The third-order valence-corrected chi connectivity index (χ3v) is 2.90. The fourth-order valence-corrected chi connectivity index (χ4v) is 2.21. The summed E-state index contributed by atoms with van der Waals surface area (Å²) in [6, 6.07) is 9.87. The smallest absolute Gasteiger partial charge is 0.130 e. The van der Waals surface area contributed by atoms with Crippen molar-refractivity contribution in [3.63, 3.8) is 0 Å². The van der Waals surface area contributed by atoms with E-state index in [0.717, 1.165) is 21.7 Å². The van der Waals surface area contributed by atoms with Gasteiger partial charge in [0.05, 0.1) is 11.4 Å². The van der Waals surface area contributed by atoms with Gasteiger partial charge in [0.25, 0.3) is 0 Å². The second kappa shape index (κ2) is 4.75. The van der Waals surface area contributed by atoms with Crippen molar-refractivity contribution in [1.29, 1.82) is 0 Å². The molecule has 0 atom stereocenters. The molecule has 0 bridgehead atoms. The summed E-state index contributed by atoms with van der Waals surface area (Å²) in [5, 5.41) is 3.26. The molecule has 88 valence electrons. The maximum Gasteiger partial charge on any atom is 0.130 e. The summed E-state index contributed by atoms with van der Waals surface area (Å²) in [6.07, 6.45) is 0. The van der Waals surface area contributed by atoms with Crippen LogP contribution in [0, 0.1) is 13.8 Å². The van der Waals surface area contributed by atoms with E-state index in [9.17, 15) is 0 Å². The molecular weight excluding hydrogens is 278 g/mol. The second-order valence-corrected chi connectivity index (χ2v) is 4.93. The number of hydrogen-bond acceptors (Lipinski definition) is 3. The standard InChI is InChI=1S/C13H14BrN3/c1-8-5-10(14)7-11(6-8)17-13-4-3-12(15)9(2)16-13/h3-7H,15H2,1-2H3,(H,16,17). The Kier molecular flexibility index (Phi) is 3.33. The van der Waals surface area contributed by atoms with E-state index in [2.05, 4.69) is 45.3 Å². The Morgan fingerprint density at radius 2 is 1.94 bits per heavy atom. The first kappa shape index (κ1) is 11.9. The number of benzene rings is 1. The number of nitrogens with zero attached hydrogens (tertiary/aromatic N) is 1. The molecule has 1 heterocycles. The van der Waals surface area contributed by atoms with Crippen molar-refractivity contribution in [2.75, 3.05) is 11.1 Å². The van der Waals surface area contributed by atoms with Crippen molar-refractivity contribution in [2.24, 2.45) is 0 Å². The molecule has 2 rings (SSSR count). The molecule has 0 aliphatic carbocycles. The summed E-state index contributed by atoms with van der Waals surface area (Å²) in [5.74, 6) is 0.800. The molecule has 1 aromatic carbocycles. The van der Waals surface area contributed by atoms with Gasteiger partial charge in [-0.1, -0.05) is 15.9 Å². The topological polar surface area (TPSA) is 50.9 Å². The number of halogens is 1. The molecule has 3 nitrogen and oxygen atoms in total. The molecule has 0 aliphatic rings. The van der Waals surface area contributed by atoms with Crippen LogP contribution in [0.15, 0.2) is 34.8 Å². The lowest BCUT2D eigenvalue weighted by molar-refractivity contribution is 1.20. The lowest BCUT2D eigenvalue weighted by Crippen LogP contribution is -1.98. The first-order chi connectivity index (χ1) is 8.04. The van der Waals surface area contributed by atoms with Gasteiger partial charge in [-0.3, -0.25) is 0 Å². The monoisotopic (exact) mass is 291 g/mol. The van der Waals surface area contributed by atoms with E-state index < -0.39 is 0 Å². The molecule has 0 saturated heterocycles. The average Bonchev–Trinajstić information content (AvgIpc) is 2.22. The predicted octanol–water partition coefficient (Wildman–Crippen LogP) is 3.79. The van der Waals surface area contributed by atoms with E-state index in [-0.39, 0.29) is 0 Å². The highest BCUT2D eigenvalue weighted by molar-refractivity contribution is 9.10. The van der Waals surface area contributed by atoms with Gasteiger partial charge in [-0.2, -0.15) is 0 Å². The molecular formula is C13H14BrN3. The van der Waals surface area contributed by atoms with Crippen LogP contribution >= 0.6 is 15.9 Å². The van der Waals surface area contributed by atoms with Gasteiger partial charge in [0, 0.05) is 10.2 Å². The Balaban J connectivity index is 2.28. The van der Waals surface area contributed by atoms with Crippen molar-refractivity contribution in [3.8, 4) is 0 Å². The molecule has 17 heavy (non-hydrogen) atoms. The summed E-state index contributed by atoms with van der Waals surface area (Å²) < 4.78 is 1.05. The third-order valence-electron chi connectivity index (χ3n) is 2.44. The zero-order chi connectivity index (χ0) is 12.4. The van der Waals surface area contributed by atoms with Gasteiger partial charge in [0.1, 0.15) is 5.82 Å². The molecule has 3 N–H and O–H groups in total. The Bertz CT molecular complexity index is 532. The molecule has 0 amide bonds. The van der Waals surface area contributed by atoms with E-state index in [1.807, 2.05) is 25.1 Å². The predicted molar refractivity (Wildman–Crippen MR) is 75.5 cm³/mol. The van der Waals surface area contributed by atoms with Gasteiger partial charge in [-0.25, -0.2) is 4.98 Å². The lowest BCUT2D eigenvalue weighted by atomic mass is 10.2. The fourth-order valence-electron chi connectivity index (χ4n) is 1.60. The first-order valence-corrected chi connectivity index (χ1v) is 6.11. The van der Waals surface area contributed by atoms with Crippen LogP contribution in [0.5, 0.6) is 0 Å². The minimum Gasteiger partial charge on any atom is -0.397 e. The first-order valence-electron chi connectivity index (χ1n) is 5.32. The molecule has 0 fully saturated rings. The Morgan fingerprint density at radius 1 is 1.18 bits per heavy atom. The molecule has 0 unspecified atom stereocenters. The highest BCUT2D eigenvalue weighted by Crippen LogP contribution is 2.22. The second-order valence-electron chi connectivity index (χ2n) is 4.01. The van der Waals surface area contributed by atoms with Crippen molar-refractivity contribution in [1.82, 2.24) is 4.98 Å². The minimum atomic E-state index is 0.709. The summed E-state index contributed by atoms with van der Waals surface area (Å²) in [7, 11) is 0. The van der Waals surface area contributed by atoms with Crippen molar-refractivity contribution in [2.45, 2.75) is 13.8 Å². The van der Waals surface area contributed by atoms with Gasteiger partial charge < -0.3 is 11.1 Å².